The van der Waals surface area contributed by atoms with Crippen molar-refractivity contribution in [2.45, 2.75) is 26.2 Å². The zero-order chi connectivity index (χ0) is 16.8. The third-order valence-corrected chi connectivity index (χ3v) is 3.59. The van der Waals surface area contributed by atoms with Gasteiger partial charge in [-0.1, -0.05) is 6.92 Å². The van der Waals surface area contributed by atoms with Gasteiger partial charge in [0.2, 0.25) is 11.9 Å². The molecule has 0 spiro atoms. The summed E-state index contributed by atoms with van der Waals surface area (Å²) >= 11 is 0. The Kier molecular flexibility index (Phi) is 5.94. The standard InChI is InChI=1S/C14H26N8O/c1-6-7-16-12-18-14(22(4)23-5)19-13(21(12)3)17-10-11-15-8-9-20(11)2/h8-9,13,17H,6-7,10H2,1-5H3,(H,16,18,19). The number of aryl methyl sites for hydroxylation is 1. The number of hydrogen-bond donors (Lipinski definition) is 2. The highest BCUT2D eigenvalue weighted by molar-refractivity contribution is 5.99. The molecule has 1 aliphatic heterocycles. The molecule has 128 valence electrons. The largest absolute Gasteiger partial charge is 0.337 e. The summed E-state index contributed by atoms with van der Waals surface area (Å²) in [7, 11) is 7.31. The predicted octanol–water partition coefficient (Wildman–Crippen LogP) is -0.0565. The number of aliphatic imine (C=N–C) groups is 2. The van der Waals surface area contributed by atoms with E-state index in [4.69, 9.17) is 4.84 Å². The van der Waals surface area contributed by atoms with Crippen molar-refractivity contribution in [2.75, 3.05) is 27.7 Å². The summed E-state index contributed by atoms with van der Waals surface area (Å²) in [5.41, 5.74) is 0. The van der Waals surface area contributed by atoms with Crippen LogP contribution in [0.5, 0.6) is 0 Å². The van der Waals surface area contributed by atoms with Gasteiger partial charge >= 0.3 is 0 Å². The summed E-state index contributed by atoms with van der Waals surface area (Å²) < 4.78 is 1.98. The number of hydroxylamine groups is 2. The molecule has 0 amide bonds. The number of guanidine groups is 2. The van der Waals surface area contributed by atoms with Crippen LogP contribution >= 0.6 is 0 Å². The van der Waals surface area contributed by atoms with E-state index in [1.54, 1.807) is 25.4 Å². The Morgan fingerprint density at radius 2 is 2.26 bits per heavy atom. The second-order valence-corrected chi connectivity index (χ2v) is 5.28. The fourth-order valence-corrected chi connectivity index (χ4v) is 2.09. The highest BCUT2D eigenvalue weighted by Crippen LogP contribution is 2.06. The van der Waals surface area contributed by atoms with E-state index in [1.807, 2.05) is 29.8 Å². The molecule has 9 heteroatoms. The van der Waals surface area contributed by atoms with Crippen LogP contribution in [0, 0.1) is 0 Å². The van der Waals surface area contributed by atoms with Gasteiger partial charge in [-0.05, 0) is 6.42 Å². The Morgan fingerprint density at radius 3 is 2.87 bits per heavy atom. The number of rotatable bonds is 6. The van der Waals surface area contributed by atoms with E-state index >= 15 is 0 Å². The Morgan fingerprint density at radius 1 is 1.48 bits per heavy atom. The Hall–Kier alpha value is -2.13. The second-order valence-electron chi connectivity index (χ2n) is 5.28. The van der Waals surface area contributed by atoms with Gasteiger partial charge in [-0.15, -0.1) is 0 Å². The van der Waals surface area contributed by atoms with E-state index in [-0.39, 0.29) is 6.29 Å². The van der Waals surface area contributed by atoms with E-state index < -0.39 is 0 Å². The summed E-state index contributed by atoms with van der Waals surface area (Å²) in [5, 5.41) is 8.14. The van der Waals surface area contributed by atoms with Crippen LogP contribution < -0.4 is 10.6 Å². The molecule has 0 bridgehead atoms. The molecule has 9 nitrogen and oxygen atoms in total. The first kappa shape index (κ1) is 17.2. The van der Waals surface area contributed by atoms with E-state index in [0.29, 0.717) is 12.5 Å². The smallest absolute Gasteiger partial charge is 0.228 e. The maximum atomic E-state index is 5.22. The van der Waals surface area contributed by atoms with Crippen LogP contribution in [0.2, 0.25) is 0 Å². The molecule has 1 atom stereocenters. The number of nitrogens with zero attached hydrogens (tertiary/aromatic N) is 6. The second kappa shape index (κ2) is 7.93. The van der Waals surface area contributed by atoms with Crippen LogP contribution in [0.4, 0.5) is 0 Å². The van der Waals surface area contributed by atoms with Gasteiger partial charge in [0.1, 0.15) is 5.82 Å². The van der Waals surface area contributed by atoms with Gasteiger partial charge in [-0.2, -0.15) is 0 Å². The number of nitrogens with one attached hydrogen (secondary N) is 2. The molecular weight excluding hydrogens is 296 g/mol. The molecule has 2 rings (SSSR count). The van der Waals surface area contributed by atoms with E-state index in [2.05, 4.69) is 32.5 Å². The molecule has 0 saturated heterocycles. The molecule has 0 radical (unpaired) electrons. The minimum Gasteiger partial charge on any atom is -0.337 e. The predicted molar refractivity (Wildman–Crippen MR) is 89.5 cm³/mol. The molecule has 1 aliphatic rings. The average Bonchev–Trinajstić information content (AvgIpc) is 2.97. The van der Waals surface area contributed by atoms with E-state index in [0.717, 1.165) is 24.7 Å². The molecule has 0 aliphatic carbocycles. The van der Waals surface area contributed by atoms with Crippen molar-refractivity contribution in [2.24, 2.45) is 17.0 Å². The Labute approximate surface area is 137 Å². The minimum atomic E-state index is -0.254. The SMILES string of the molecule is CCCN=C1NC(N(C)OC)=NC(NCc2nccn2C)N1C. The highest BCUT2D eigenvalue weighted by atomic mass is 16.7. The van der Waals surface area contributed by atoms with Crippen molar-refractivity contribution >= 4 is 11.9 Å². The summed E-state index contributed by atoms with van der Waals surface area (Å²) in [6.07, 6.45) is 4.43. The summed E-state index contributed by atoms with van der Waals surface area (Å²) in [6.45, 7) is 3.45. The zero-order valence-electron chi connectivity index (χ0n) is 14.4. The van der Waals surface area contributed by atoms with Gasteiger partial charge in [-0.3, -0.25) is 20.5 Å². The molecule has 0 aromatic carbocycles. The summed E-state index contributed by atoms with van der Waals surface area (Å²) in [5.74, 6) is 2.32. The van der Waals surface area contributed by atoms with Crippen LogP contribution in [0.25, 0.3) is 0 Å². The molecular formula is C14H26N8O. The van der Waals surface area contributed by atoms with Crippen LogP contribution in [0.3, 0.4) is 0 Å². The van der Waals surface area contributed by atoms with Crippen molar-refractivity contribution in [3.63, 3.8) is 0 Å². The molecule has 2 N–H and O–H groups in total. The van der Waals surface area contributed by atoms with Crippen LogP contribution in [0.15, 0.2) is 22.4 Å². The minimum absolute atomic E-state index is 0.254. The average molecular weight is 322 g/mol. The van der Waals surface area contributed by atoms with Gasteiger partial charge in [0.05, 0.1) is 13.7 Å². The fraction of sp³-hybridized carbons (Fsp3) is 0.643. The zero-order valence-corrected chi connectivity index (χ0v) is 14.4. The lowest BCUT2D eigenvalue weighted by Crippen LogP contribution is -2.59. The number of hydrogen-bond acceptors (Lipinski definition) is 6. The monoisotopic (exact) mass is 322 g/mol. The number of aromatic nitrogens is 2. The lowest BCUT2D eigenvalue weighted by atomic mass is 10.5. The third-order valence-electron chi connectivity index (χ3n) is 3.59. The molecule has 0 fully saturated rings. The van der Waals surface area contributed by atoms with Gasteiger partial charge in [0, 0.05) is 40.1 Å². The first-order chi connectivity index (χ1) is 11.1. The van der Waals surface area contributed by atoms with Gasteiger partial charge in [0.25, 0.3) is 0 Å². The quantitative estimate of drug-likeness (QED) is 0.714. The molecule has 1 aromatic rings. The van der Waals surface area contributed by atoms with Crippen molar-refractivity contribution in [1.29, 1.82) is 0 Å². The molecule has 1 aromatic heterocycles. The Bertz CT molecular complexity index is 567. The normalized spacial score (nSPS) is 19.7. The van der Waals surface area contributed by atoms with E-state index in [9.17, 15) is 0 Å². The van der Waals surface area contributed by atoms with E-state index in [1.165, 1.54) is 0 Å². The maximum absolute atomic E-state index is 5.22. The molecule has 23 heavy (non-hydrogen) atoms. The van der Waals surface area contributed by atoms with Crippen molar-refractivity contribution in [1.82, 2.24) is 30.1 Å². The Balaban J connectivity index is 2.14. The van der Waals surface area contributed by atoms with Gasteiger partial charge in [0.15, 0.2) is 6.29 Å². The lowest BCUT2D eigenvalue weighted by molar-refractivity contribution is -0.0459. The van der Waals surface area contributed by atoms with Crippen molar-refractivity contribution in [3.8, 4) is 0 Å². The fourth-order valence-electron chi connectivity index (χ4n) is 2.09. The first-order valence-corrected chi connectivity index (χ1v) is 7.66. The van der Waals surface area contributed by atoms with Gasteiger partial charge in [-0.25, -0.2) is 15.0 Å². The van der Waals surface area contributed by atoms with Gasteiger partial charge < -0.3 is 9.47 Å². The van der Waals surface area contributed by atoms with Crippen molar-refractivity contribution in [3.05, 3.63) is 18.2 Å². The first-order valence-electron chi connectivity index (χ1n) is 7.66. The number of imidazole rings is 1. The lowest BCUT2D eigenvalue weighted by Gasteiger charge is -2.35. The van der Waals surface area contributed by atoms with Crippen LogP contribution in [0.1, 0.15) is 19.2 Å². The van der Waals surface area contributed by atoms with Crippen molar-refractivity contribution < 1.29 is 4.84 Å². The topological polar surface area (TPSA) is 82.3 Å². The maximum Gasteiger partial charge on any atom is 0.228 e. The summed E-state index contributed by atoms with van der Waals surface area (Å²) in [6, 6.07) is 0. The molecule has 2 heterocycles. The molecule has 1 unspecified atom stereocenters. The summed E-state index contributed by atoms with van der Waals surface area (Å²) in [4.78, 5) is 20.7. The highest BCUT2D eigenvalue weighted by Gasteiger charge is 2.26. The molecule has 0 saturated carbocycles. The van der Waals surface area contributed by atoms with Crippen LogP contribution in [-0.4, -0.2) is 65.5 Å². The third kappa shape index (κ3) is 4.20. The van der Waals surface area contributed by atoms with Crippen LogP contribution in [-0.2, 0) is 18.4 Å².